The second-order valence-corrected chi connectivity index (χ2v) is 6.35. The maximum atomic E-state index is 4.96. The predicted molar refractivity (Wildman–Crippen MR) is 84.3 cm³/mol. The zero-order chi connectivity index (χ0) is 13.7. The van der Waals surface area contributed by atoms with Crippen LogP contribution in [-0.4, -0.2) is 24.6 Å². The molecular weight excluding hydrogens is 254 g/mol. The van der Waals surface area contributed by atoms with Crippen LogP contribution in [-0.2, 0) is 6.42 Å². The minimum Gasteiger partial charge on any atom is -0.348 e. The molecule has 0 saturated heterocycles. The first-order valence-electron chi connectivity index (χ1n) is 7.78. The van der Waals surface area contributed by atoms with Gasteiger partial charge in [0.2, 0.25) is 0 Å². The van der Waals surface area contributed by atoms with E-state index in [2.05, 4.69) is 31.0 Å². The topological polar surface area (TPSA) is 28.2 Å². The molecule has 0 saturated carbocycles. The fourth-order valence-corrected chi connectivity index (χ4v) is 3.97. The van der Waals surface area contributed by atoms with Crippen molar-refractivity contribution in [2.75, 3.05) is 24.5 Å². The Balaban J connectivity index is 2.15. The van der Waals surface area contributed by atoms with Crippen LogP contribution in [0.2, 0.25) is 0 Å². The highest BCUT2D eigenvalue weighted by Crippen LogP contribution is 2.36. The summed E-state index contributed by atoms with van der Waals surface area (Å²) in [5.41, 5.74) is 1.34. The van der Waals surface area contributed by atoms with Crippen LogP contribution in [0.1, 0.15) is 63.1 Å². The van der Waals surface area contributed by atoms with E-state index in [1.165, 1.54) is 47.8 Å². The lowest BCUT2D eigenvalue weighted by Crippen LogP contribution is -2.26. The average molecular weight is 281 g/mol. The van der Waals surface area contributed by atoms with Gasteiger partial charge in [-0.15, -0.1) is 11.3 Å². The summed E-state index contributed by atoms with van der Waals surface area (Å²) in [4.78, 5) is 8.89. The first-order chi connectivity index (χ1) is 9.30. The van der Waals surface area contributed by atoms with E-state index in [4.69, 9.17) is 4.98 Å². The van der Waals surface area contributed by atoms with Crippen molar-refractivity contribution < 1.29 is 0 Å². The Morgan fingerprint density at radius 3 is 2.84 bits per heavy atom. The molecule has 0 radical (unpaired) electrons. The molecule has 19 heavy (non-hydrogen) atoms. The van der Waals surface area contributed by atoms with Crippen LogP contribution in [0.3, 0.4) is 0 Å². The van der Waals surface area contributed by atoms with Crippen molar-refractivity contribution >= 4 is 16.5 Å². The summed E-state index contributed by atoms with van der Waals surface area (Å²) < 4.78 is 0. The number of anilines is 1. The molecule has 108 valence electrons. The maximum Gasteiger partial charge on any atom is 0.185 e. The first-order valence-corrected chi connectivity index (χ1v) is 8.59. The Labute approximate surface area is 121 Å². The molecule has 2 rings (SSSR count). The van der Waals surface area contributed by atoms with E-state index in [0.29, 0.717) is 6.04 Å². The Hall–Kier alpha value is -0.610. The summed E-state index contributed by atoms with van der Waals surface area (Å²) in [5.74, 6) is 0. The summed E-state index contributed by atoms with van der Waals surface area (Å²) in [5, 5.41) is 4.89. The molecule has 0 bridgehead atoms. The minimum absolute atomic E-state index is 0.494. The quantitative estimate of drug-likeness (QED) is 0.825. The number of nitrogens with zero attached hydrogens (tertiary/aromatic N) is 2. The monoisotopic (exact) mass is 281 g/mol. The number of nitrogens with one attached hydrogen (secondary N) is 1. The molecular formula is C15H27N3S. The summed E-state index contributed by atoms with van der Waals surface area (Å²) in [6.45, 7) is 9.97. The van der Waals surface area contributed by atoms with Gasteiger partial charge in [0.05, 0.1) is 11.7 Å². The molecule has 1 N–H and O–H groups in total. The molecule has 1 unspecified atom stereocenters. The molecule has 3 nitrogen and oxygen atoms in total. The maximum absolute atomic E-state index is 4.96. The van der Waals surface area contributed by atoms with E-state index in [0.717, 1.165) is 19.6 Å². The van der Waals surface area contributed by atoms with Crippen molar-refractivity contribution in [3.63, 3.8) is 0 Å². The molecule has 0 aliphatic heterocycles. The van der Waals surface area contributed by atoms with Crippen LogP contribution >= 0.6 is 11.3 Å². The molecule has 4 heteroatoms. The van der Waals surface area contributed by atoms with E-state index >= 15 is 0 Å². The van der Waals surface area contributed by atoms with E-state index in [9.17, 15) is 0 Å². The fourth-order valence-electron chi connectivity index (χ4n) is 2.72. The number of hydrogen-bond donors (Lipinski definition) is 1. The zero-order valence-electron chi connectivity index (χ0n) is 12.5. The van der Waals surface area contributed by atoms with Crippen LogP contribution in [0, 0.1) is 0 Å². The lowest BCUT2D eigenvalue weighted by atomic mass is 9.97. The van der Waals surface area contributed by atoms with Gasteiger partial charge in [0.25, 0.3) is 0 Å². The normalized spacial score (nSPS) is 18.4. The Kier molecular flexibility index (Phi) is 5.64. The second kappa shape index (κ2) is 7.25. The molecule has 0 aromatic carbocycles. The van der Waals surface area contributed by atoms with Crippen LogP contribution < -0.4 is 10.2 Å². The molecule has 1 heterocycles. The Morgan fingerprint density at radius 1 is 1.32 bits per heavy atom. The van der Waals surface area contributed by atoms with Gasteiger partial charge in [0.15, 0.2) is 5.13 Å². The van der Waals surface area contributed by atoms with Crippen LogP contribution in [0.25, 0.3) is 0 Å². The van der Waals surface area contributed by atoms with Crippen molar-refractivity contribution in [1.29, 1.82) is 0 Å². The smallest absolute Gasteiger partial charge is 0.185 e. The van der Waals surface area contributed by atoms with E-state index in [1.54, 1.807) is 0 Å². The molecule has 1 aromatic heterocycles. The van der Waals surface area contributed by atoms with Crippen molar-refractivity contribution in [2.24, 2.45) is 0 Å². The average Bonchev–Trinajstić information content (AvgIpc) is 2.86. The van der Waals surface area contributed by atoms with Gasteiger partial charge in [-0.2, -0.15) is 0 Å². The van der Waals surface area contributed by atoms with Gasteiger partial charge in [0, 0.05) is 18.0 Å². The lowest BCUT2D eigenvalue weighted by molar-refractivity contribution is 0.454. The van der Waals surface area contributed by atoms with Crippen LogP contribution in [0.4, 0.5) is 5.13 Å². The molecule has 1 aromatic rings. The number of fused-ring (bicyclic) bond motifs is 1. The molecule has 1 atom stereocenters. The van der Waals surface area contributed by atoms with Crippen LogP contribution in [0.15, 0.2) is 0 Å². The third-order valence-electron chi connectivity index (χ3n) is 3.73. The van der Waals surface area contributed by atoms with Crippen molar-refractivity contribution in [3.05, 3.63) is 10.6 Å². The highest BCUT2D eigenvalue weighted by molar-refractivity contribution is 7.15. The van der Waals surface area contributed by atoms with Crippen molar-refractivity contribution in [3.8, 4) is 0 Å². The van der Waals surface area contributed by atoms with E-state index < -0.39 is 0 Å². The van der Waals surface area contributed by atoms with Crippen molar-refractivity contribution in [2.45, 2.75) is 58.9 Å². The van der Waals surface area contributed by atoms with Crippen molar-refractivity contribution in [1.82, 2.24) is 10.3 Å². The Bertz CT molecular complexity index is 389. The molecule has 0 spiro atoms. The van der Waals surface area contributed by atoms with Gasteiger partial charge in [-0.3, -0.25) is 0 Å². The standard InChI is InChI=1S/C15H27N3S/c1-4-10-16-12-8-7-9-13-14(12)17-15(19-13)18(6-3)11-5-2/h12,16H,4-11H2,1-3H3. The van der Waals surface area contributed by atoms with E-state index in [-0.39, 0.29) is 0 Å². The fraction of sp³-hybridized carbons (Fsp3) is 0.800. The van der Waals surface area contributed by atoms with Gasteiger partial charge in [-0.25, -0.2) is 4.98 Å². The number of thiazole rings is 1. The molecule has 1 aliphatic carbocycles. The number of aromatic nitrogens is 1. The molecule has 1 aliphatic rings. The minimum atomic E-state index is 0.494. The van der Waals surface area contributed by atoms with Gasteiger partial charge in [-0.05, 0) is 45.6 Å². The molecule has 0 amide bonds. The second-order valence-electron chi connectivity index (χ2n) is 5.28. The highest BCUT2D eigenvalue weighted by atomic mass is 32.1. The summed E-state index contributed by atoms with van der Waals surface area (Å²) in [7, 11) is 0. The number of rotatable bonds is 7. The summed E-state index contributed by atoms with van der Waals surface area (Å²) >= 11 is 1.92. The molecule has 0 fully saturated rings. The Morgan fingerprint density at radius 2 is 2.16 bits per heavy atom. The predicted octanol–water partition coefficient (Wildman–Crippen LogP) is 3.76. The number of hydrogen-bond acceptors (Lipinski definition) is 4. The van der Waals surface area contributed by atoms with Crippen LogP contribution in [0.5, 0.6) is 0 Å². The largest absolute Gasteiger partial charge is 0.348 e. The summed E-state index contributed by atoms with van der Waals surface area (Å²) in [6.07, 6.45) is 6.16. The SMILES string of the molecule is CCCNC1CCCc2sc(N(CC)CCC)nc21. The summed E-state index contributed by atoms with van der Waals surface area (Å²) in [6, 6.07) is 0.494. The van der Waals surface area contributed by atoms with Gasteiger partial charge in [-0.1, -0.05) is 13.8 Å². The number of aryl methyl sites for hydroxylation is 1. The van der Waals surface area contributed by atoms with E-state index in [1.807, 2.05) is 11.3 Å². The first kappa shape index (κ1) is 14.8. The third kappa shape index (κ3) is 3.48. The van der Waals surface area contributed by atoms with Gasteiger partial charge >= 0.3 is 0 Å². The zero-order valence-corrected chi connectivity index (χ0v) is 13.4. The highest BCUT2D eigenvalue weighted by Gasteiger charge is 2.25. The van der Waals surface area contributed by atoms with Gasteiger partial charge in [0.1, 0.15) is 0 Å². The third-order valence-corrected chi connectivity index (χ3v) is 4.92. The van der Waals surface area contributed by atoms with Gasteiger partial charge < -0.3 is 10.2 Å². The lowest BCUT2D eigenvalue weighted by Gasteiger charge is -2.22.